The van der Waals surface area contributed by atoms with Gasteiger partial charge in [0.2, 0.25) is 0 Å². The van der Waals surface area contributed by atoms with Crippen molar-refractivity contribution in [3.63, 3.8) is 0 Å². The van der Waals surface area contributed by atoms with Crippen LogP contribution in [0.3, 0.4) is 0 Å². The molecule has 8 nitrogen and oxygen atoms in total. The molecule has 4 N–H and O–H groups in total. The molecule has 3 saturated carbocycles. The highest BCUT2D eigenvalue weighted by atomic mass is 16.7. The Labute approximate surface area is 244 Å². The smallest absolute Gasteiger partial charge is 0.186 e. The van der Waals surface area contributed by atoms with E-state index in [0.717, 1.165) is 31.6 Å². The SMILES string of the molecule is C[C@H](CCC1O[C@H]2C[C@H]3[C@@H]4CCC5=CC(=O)CC[C@]5(C)[C@H]4CC[C@]3(C)[C@H]2[C@@H]1C)CO[C@@H]1O[C@H](CO)[C@@H](O)[C@H](O)[C@H]1O. The third-order valence-corrected chi connectivity index (χ3v) is 12.9. The summed E-state index contributed by atoms with van der Waals surface area (Å²) in [5, 5.41) is 39.7. The summed E-state index contributed by atoms with van der Waals surface area (Å²) in [5.41, 5.74) is 1.96. The maximum Gasteiger partial charge on any atom is 0.186 e. The summed E-state index contributed by atoms with van der Waals surface area (Å²) in [6, 6.07) is 0. The number of ether oxygens (including phenoxy) is 3. The Kier molecular flexibility index (Phi) is 8.27. The molecular weight excluding hydrogens is 524 g/mol. The van der Waals surface area contributed by atoms with Crippen molar-refractivity contribution in [2.45, 2.75) is 128 Å². The van der Waals surface area contributed by atoms with Gasteiger partial charge in [0.1, 0.15) is 24.4 Å². The van der Waals surface area contributed by atoms with E-state index >= 15 is 0 Å². The standard InChI is InChI=1S/C33H52O8/c1-17(16-39-31-30(38)29(37)28(36)26(15-34)41-31)5-8-24-18(2)27-25(40-24)14-23-21-7-6-19-13-20(35)9-11-32(19,3)22(21)10-12-33(23,27)4/h13,17-18,21-31,34,36-38H,5-12,14-16H2,1-4H3/t17-,18-,21-,22+,23+,24?,25+,26-,27+,28-,29+,30-,31-,32+,33+/m1/s1. The molecule has 0 radical (unpaired) electrons. The zero-order valence-electron chi connectivity index (χ0n) is 25.3. The number of aliphatic hydroxyl groups is 4. The van der Waals surface area contributed by atoms with Crippen molar-refractivity contribution < 1.29 is 39.4 Å². The van der Waals surface area contributed by atoms with Crippen LogP contribution >= 0.6 is 0 Å². The monoisotopic (exact) mass is 576 g/mol. The lowest BCUT2D eigenvalue weighted by Gasteiger charge is -2.58. The Morgan fingerprint density at radius 2 is 1.80 bits per heavy atom. The third kappa shape index (κ3) is 4.98. The van der Waals surface area contributed by atoms with Crippen LogP contribution in [0.1, 0.15) is 85.5 Å². The highest BCUT2D eigenvalue weighted by Crippen LogP contribution is 2.69. The van der Waals surface area contributed by atoms with Crippen LogP contribution in [0, 0.1) is 46.3 Å². The Morgan fingerprint density at radius 1 is 1.02 bits per heavy atom. The first-order valence-electron chi connectivity index (χ1n) is 16.3. The van der Waals surface area contributed by atoms with E-state index in [4.69, 9.17) is 14.2 Å². The van der Waals surface area contributed by atoms with E-state index in [1.807, 2.05) is 6.08 Å². The molecule has 15 atom stereocenters. The molecule has 0 bridgehead atoms. The first kappa shape index (κ1) is 30.2. The van der Waals surface area contributed by atoms with Crippen LogP contribution in [0.5, 0.6) is 0 Å². The highest BCUT2D eigenvalue weighted by molar-refractivity contribution is 5.91. The highest BCUT2D eigenvalue weighted by Gasteiger charge is 2.65. The summed E-state index contributed by atoms with van der Waals surface area (Å²) in [6.07, 6.45) is 6.02. The fourth-order valence-corrected chi connectivity index (χ4v) is 10.6. The quantitative estimate of drug-likeness (QED) is 0.364. The summed E-state index contributed by atoms with van der Waals surface area (Å²) in [5.74, 6) is 3.78. The number of allylic oxidation sites excluding steroid dienone is 1. The molecule has 0 aromatic carbocycles. The molecule has 8 heteroatoms. The van der Waals surface area contributed by atoms with Crippen LogP contribution in [-0.2, 0) is 19.0 Å². The number of fused-ring (bicyclic) bond motifs is 7. The summed E-state index contributed by atoms with van der Waals surface area (Å²) < 4.78 is 18.1. The zero-order chi connectivity index (χ0) is 29.3. The number of ketones is 1. The van der Waals surface area contributed by atoms with Gasteiger partial charge in [-0.2, -0.15) is 0 Å². The fourth-order valence-electron chi connectivity index (χ4n) is 10.6. The molecular formula is C33H52O8. The van der Waals surface area contributed by atoms with Gasteiger partial charge in [0.25, 0.3) is 0 Å². The van der Waals surface area contributed by atoms with Gasteiger partial charge < -0.3 is 34.6 Å². The Morgan fingerprint density at radius 3 is 2.56 bits per heavy atom. The van der Waals surface area contributed by atoms with E-state index < -0.39 is 37.3 Å². The molecule has 0 aromatic rings. The van der Waals surface area contributed by atoms with Crippen LogP contribution in [0.25, 0.3) is 0 Å². The summed E-state index contributed by atoms with van der Waals surface area (Å²) in [7, 11) is 0. The molecule has 2 aliphatic heterocycles. The van der Waals surface area contributed by atoms with Crippen molar-refractivity contribution in [3.8, 4) is 0 Å². The summed E-state index contributed by atoms with van der Waals surface area (Å²) in [6.45, 7) is 9.42. The average molecular weight is 577 g/mol. The van der Waals surface area contributed by atoms with Crippen LogP contribution in [0.15, 0.2) is 11.6 Å². The number of carbonyl (C=O) groups excluding carboxylic acids is 1. The minimum absolute atomic E-state index is 0.199. The van der Waals surface area contributed by atoms with Crippen molar-refractivity contribution in [1.82, 2.24) is 0 Å². The number of hydrogen-bond acceptors (Lipinski definition) is 8. The molecule has 0 spiro atoms. The van der Waals surface area contributed by atoms with E-state index in [1.165, 1.54) is 31.3 Å². The van der Waals surface area contributed by atoms with Crippen molar-refractivity contribution >= 4 is 5.78 Å². The van der Waals surface area contributed by atoms with Gasteiger partial charge in [0.05, 0.1) is 25.4 Å². The van der Waals surface area contributed by atoms with Crippen molar-refractivity contribution in [2.24, 2.45) is 46.3 Å². The molecule has 232 valence electrons. The van der Waals surface area contributed by atoms with Crippen LogP contribution < -0.4 is 0 Å². The van der Waals surface area contributed by atoms with Crippen molar-refractivity contribution in [2.75, 3.05) is 13.2 Å². The second-order valence-corrected chi connectivity index (χ2v) is 15.1. The lowest BCUT2D eigenvalue weighted by Crippen LogP contribution is -2.59. The zero-order valence-corrected chi connectivity index (χ0v) is 25.3. The van der Waals surface area contributed by atoms with E-state index in [-0.39, 0.29) is 17.4 Å². The molecule has 41 heavy (non-hydrogen) atoms. The molecule has 2 saturated heterocycles. The predicted octanol–water partition coefficient (Wildman–Crippen LogP) is 3.38. The first-order valence-corrected chi connectivity index (χ1v) is 16.3. The first-order chi connectivity index (χ1) is 19.5. The molecule has 1 unspecified atom stereocenters. The van der Waals surface area contributed by atoms with E-state index in [2.05, 4.69) is 27.7 Å². The lowest BCUT2D eigenvalue weighted by atomic mass is 9.46. The molecule has 2 heterocycles. The second-order valence-electron chi connectivity index (χ2n) is 15.1. The second kappa shape index (κ2) is 11.2. The van der Waals surface area contributed by atoms with Gasteiger partial charge in [-0.3, -0.25) is 4.79 Å². The number of aliphatic hydroxyl groups excluding tert-OH is 4. The van der Waals surface area contributed by atoms with Crippen molar-refractivity contribution in [3.05, 3.63) is 11.6 Å². The number of carbonyl (C=O) groups is 1. The van der Waals surface area contributed by atoms with Crippen LogP contribution in [0.2, 0.25) is 0 Å². The maximum atomic E-state index is 12.2. The largest absolute Gasteiger partial charge is 0.394 e. The third-order valence-electron chi connectivity index (χ3n) is 12.9. The summed E-state index contributed by atoms with van der Waals surface area (Å²) >= 11 is 0. The van der Waals surface area contributed by atoms with Gasteiger partial charge in [0, 0.05) is 6.42 Å². The normalized spacial score (nSPS) is 51.8. The van der Waals surface area contributed by atoms with Gasteiger partial charge in [-0.1, -0.05) is 33.3 Å². The van der Waals surface area contributed by atoms with E-state index in [0.29, 0.717) is 54.0 Å². The Hall–Kier alpha value is -0.870. The van der Waals surface area contributed by atoms with Crippen LogP contribution in [0.4, 0.5) is 0 Å². The van der Waals surface area contributed by atoms with E-state index in [9.17, 15) is 25.2 Å². The fraction of sp³-hybridized carbons (Fsp3) is 0.909. The molecule has 6 aliphatic rings. The Bertz CT molecular complexity index is 1010. The molecule has 5 fully saturated rings. The molecule has 0 amide bonds. The van der Waals surface area contributed by atoms with Crippen LogP contribution in [-0.4, -0.2) is 82.3 Å². The predicted molar refractivity (Wildman–Crippen MR) is 152 cm³/mol. The number of hydrogen-bond donors (Lipinski definition) is 4. The van der Waals surface area contributed by atoms with Gasteiger partial charge >= 0.3 is 0 Å². The summed E-state index contributed by atoms with van der Waals surface area (Å²) in [4.78, 5) is 12.2. The molecule has 0 aromatic heterocycles. The molecule has 4 aliphatic carbocycles. The Balaban J connectivity index is 1.03. The van der Waals surface area contributed by atoms with Crippen molar-refractivity contribution in [1.29, 1.82) is 0 Å². The average Bonchev–Trinajstić information content (AvgIpc) is 3.43. The maximum absolute atomic E-state index is 12.2. The minimum Gasteiger partial charge on any atom is -0.394 e. The lowest BCUT2D eigenvalue weighted by molar-refractivity contribution is -0.303. The topological polar surface area (TPSA) is 126 Å². The van der Waals surface area contributed by atoms with Gasteiger partial charge in [-0.15, -0.1) is 0 Å². The van der Waals surface area contributed by atoms with Gasteiger partial charge in [-0.05, 0) is 104 Å². The minimum atomic E-state index is -1.42. The number of rotatable bonds is 7. The van der Waals surface area contributed by atoms with E-state index in [1.54, 1.807) is 0 Å². The molecule has 6 rings (SSSR count). The van der Waals surface area contributed by atoms with Gasteiger partial charge in [0.15, 0.2) is 12.1 Å². The van der Waals surface area contributed by atoms with Gasteiger partial charge in [-0.25, -0.2) is 0 Å².